The van der Waals surface area contributed by atoms with Crippen LogP contribution in [0.5, 0.6) is 0 Å². The summed E-state index contributed by atoms with van der Waals surface area (Å²) in [5.41, 5.74) is 2.03. The number of anilines is 2. The largest absolute Gasteiger partial charge is 0.380 e. The van der Waals surface area contributed by atoms with Gasteiger partial charge in [-0.25, -0.2) is 9.78 Å². The van der Waals surface area contributed by atoms with Crippen molar-refractivity contribution in [1.29, 1.82) is 0 Å². The third kappa shape index (κ3) is 3.58. The SMILES string of the molecule is CC(C)Nc1cccnc1N1CCN(C(=O)n2ccc3ccc4ccccc4c32)CC1. The van der Waals surface area contributed by atoms with E-state index >= 15 is 0 Å². The molecule has 5 rings (SSSR count). The molecular weight excluding hydrogens is 386 g/mol. The molecule has 0 saturated carbocycles. The predicted molar refractivity (Wildman–Crippen MR) is 127 cm³/mol. The van der Waals surface area contributed by atoms with Gasteiger partial charge in [-0.05, 0) is 37.4 Å². The zero-order valence-corrected chi connectivity index (χ0v) is 18.0. The van der Waals surface area contributed by atoms with Crippen molar-refractivity contribution in [2.45, 2.75) is 19.9 Å². The van der Waals surface area contributed by atoms with Gasteiger partial charge in [0.25, 0.3) is 0 Å². The van der Waals surface area contributed by atoms with E-state index in [-0.39, 0.29) is 6.03 Å². The van der Waals surface area contributed by atoms with Crippen LogP contribution < -0.4 is 10.2 Å². The lowest BCUT2D eigenvalue weighted by molar-refractivity contribution is 0.197. The molecule has 3 heterocycles. The first-order valence-corrected chi connectivity index (χ1v) is 10.9. The fourth-order valence-electron chi connectivity index (χ4n) is 4.40. The van der Waals surface area contributed by atoms with Gasteiger partial charge in [0.1, 0.15) is 0 Å². The summed E-state index contributed by atoms with van der Waals surface area (Å²) in [4.78, 5) is 22.2. The van der Waals surface area contributed by atoms with Crippen LogP contribution in [0.25, 0.3) is 21.7 Å². The molecule has 1 saturated heterocycles. The maximum absolute atomic E-state index is 13.4. The van der Waals surface area contributed by atoms with Crippen LogP contribution in [0.15, 0.2) is 67.0 Å². The molecule has 0 radical (unpaired) electrons. The quantitative estimate of drug-likeness (QED) is 0.524. The van der Waals surface area contributed by atoms with Crippen molar-refractivity contribution in [3.63, 3.8) is 0 Å². The third-order valence-corrected chi connectivity index (χ3v) is 5.86. The van der Waals surface area contributed by atoms with Gasteiger partial charge in [-0.1, -0.05) is 36.4 Å². The third-order valence-electron chi connectivity index (χ3n) is 5.86. The number of carbonyl (C=O) groups is 1. The van der Waals surface area contributed by atoms with E-state index < -0.39 is 0 Å². The van der Waals surface area contributed by atoms with E-state index in [1.807, 2.05) is 41.6 Å². The van der Waals surface area contributed by atoms with Crippen LogP contribution in [0.3, 0.4) is 0 Å². The number of hydrogen-bond donors (Lipinski definition) is 1. The number of pyridine rings is 1. The van der Waals surface area contributed by atoms with Gasteiger partial charge in [0.15, 0.2) is 5.82 Å². The highest BCUT2D eigenvalue weighted by atomic mass is 16.2. The Morgan fingerprint density at radius 2 is 1.71 bits per heavy atom. The number of nitrogens with one attached hydrogen (secondary N) is 1. The molecule has 4 aromatic rings. The summed E-state index contributed by atoms with van der Waals surface area (Å²) >= 11 is 0. The highest BCUT2D eigenvalue weighted by Gasteiger charge is 2.25. The van der Waals surface area contributed by atoms with E-state index in [0.717, 1.165) is 46.3 Å². The van der Waals surface area contributed by atoms with Crippen LogP contribution in [0.2, 0.25) is 0 Å². The molecule has 1 aliphatic rings. The van der Waals surface area contributed by atoms with Crippen LogP contribution in [0.4, 0.5) is 16.3 Å². The van der Waals surface area contributed by atoms with Crippen LogP contribution in [0.1, 0.15) is 13.8 Å². The Morgan fingerprint density at radius 1 is 0.935 bits per heavy atom. The molecule has 0 atom stereocenters. The Kier molecular flexibility index (Phi) is 4.98. The minimum atomic E-state index is 0.0348. The first-order chi connectivity index (χ1) is 15.1. The number of amides is 1. The lowest BCUT2D eigenvalue weighted by atomic mass is 10.1. The second kappa shape index (κ2) is 7.95. The first-order valence-electron chi connectivity index (χ1n) is 10.9. The fourth-order valence-corrected chi connectivity index (χ4v) is 4.40. The van der Waals surface area contributed by atoms with Crippen molar-refractivity contribution in [3.8, 4) is 0 Å². The van der Waals surface area contributed by atoms with Crippen molar-refractivity contribution in [1.82, 2.24) is 14.5 Å². The van der Waals surface area contributed by atoms with Gasteiger partial charge in [-0.3, -0.25) is 4.57 Å². The number of hydrogen-bond acceptors (Lipinski definition) is 4. The lowest BCUT2D eigenvalue weighted by Crippen LogP contribution is -2.50. The standard InChI is InChI=1S/C25H27N5O/c1-18(2)27-22-8-5-12-26-24(22)28-14-16-29(17-15-28)25(31)30-13-11-20-10-9-19-6-3-4-7-21(19)23(20)30/h3-13,18,27H,14-17H2,1-2H3. The van der Waals surface area contributed by atoms with Gasteiger partial charge in [0, 0.05) is 55.4 Å². The van der Waals surface area contributed by atoms with E-state index in [0.29, 0.717) is 19.1 Å². The number of carbonyl (C=O) groups excluding carboxylic acids is 1. The lowest BCUT2D eigenvalue weighted by Gasteiger charge is -2.36. The number of rotatable bonds is 3. The molecule has 158 valence electrons. The van der Waals surface area contributed by atoms with Crippen LogP contribution >= 0.6 is 0 Å². The van der Waals surface area contributed by atoms with Crippen molar-refractivity contribution in [2.24, 2.45) is 0 Å². The molecule has 0 spiro atoms. The number of aromatic nitrogens is 2. The molecule has 0 unspecified atom stereocenters. The monoisotopic (exact) mass is 413 g/mol. The molecule has 1 aliphatic heterocycles. The summed E-state index contributed by atoms with van der Waals surface area (Å²) in [6, 6.07) is 18.8. The van der Waals surface area contributed by atoms with Gasteiger partial charge < -0.3 is 15.1 Å². The molecule has 1 fully saturated rings. The van der Waals surface area contributed by atoms with Gasteiger partial charge in [0.2, 0.25) is 0 Å². The summed E-state index contributed by atoms with van der Waals surface area (Å²) in [6.45, 7) is 7.10. The minimum Gasteiger partial charge on any atom is -0.380 e. The second-order valence-electron chi connectivity index (χ2n) is 8.34. The molecule has 6 nitrogen and oxygen atoms in total. The van der Waals surface area contributed by atoms with E-state index in [2.05, 4.69) is 59.4 Å². The maximum Gasteiger partial charge on any atom is 0.328 e. The van der Waals surface area contributed by atoms with Gasteiger partial charge >= 0.3 is 6.03 Å². The molecule has 0 aliphatic carbocycles. The van der Waals surface area contributed by atoms with E-state index in [1.165, 1.54) is 0 Å². The zero-order chi connectivity index (χ0) is 21.4. The number of nitrogens with zero attached hydrogens (tertiary/aromatic N) is 4. The molecule has 2 aromatic carbocycles. The number of piperazine rings is 1. The molecule has 2 aromatic heterocycles. The van der Waals surface area contributed by atoms with E-state index in [4.69, 9.17) is 0 Å². The normalized spacial score (nSPS) is 14.5. The minimum absolute atomic E-state index is 0.0348. The highest BCUT2D eigenvalue weighted by Crippen LogP contribution is 2.28. The Hall–Kier alpha value is -3.54. The van der Waals surface area contributed by atoms with Gasteiger partial charge in [-0.2, -0.15) is 0 Å². The average Bonchev–Trinajstić information content (AvgIpc) is 3.23. The van der Waals surface area contributed by atoms with Crippen molar-refractivity contribution in [2.75, 3.05) is 36.4 Å². The van der Waals surface area contributed by atoms with Crippen LogP contribution in [0, 0.1) is 0 Å². The van der Waals surface area contributed by atoms with Crippen LogP contribution in [-0.2, 0) is 0 Å². The topological polar surface area (TPSA) is 53.4 Å². The van der Waals surface area contributed by atoms with Crippen molar-refractivity contribution >= 4 is 39.2 Å². The van der Waals surface area contributed by atoms with Crippen molar-refractivity contribution in [3.05, 3.63) is 67.0 Å². The van der Waals surface area contributed by atoms with E-state index in [9.17, 15) is 4.79 Å². The maximum atomic E-state index is 13.4. The molecule has 1 N–H and O–H groups in total. The summed E-state index contributed by atoms with van der Waals surface area (Å²) in [7, 11) is 0. The van der Waals surface area contributed by atoms with E-state index in [1.54, 1.807) is 4.57 Å². The first kappa shape index (κ1) is 19.4. The Bertz CT molecular complexity index is 1240. The zero-order valence-electron chi connectivity index (χ0n) is 18.0. The number of benzene rings is 2. The second-order valence-corrected chi connectivity index (χ2v) is 8.34. The summed E-state index contributed by atoms with van der Waals surface area (Å²) in [6.07, 6.45) is 3.73. The van der Waals surface area contributed by atoms with Crippen molar-refractivity contribution < 1.29 is 4.79 Å². The molecular formula is C25H27N5O. The summed E-state index contributed by atoms with van der Waals surface area (Å²) < 4.78 is 1.81. The Morgan fingerprint density at radius 3 is 2.52 bits per heavy atom. The smallest absolute Gasteiger partial charge is 0.328 e. The summed E-state index contributed by atoms with van der Waals surface area (Å²) in [5.74, 6) is 0.959. The predicted octanol–water partition coefficient (Wildman–Crippen LogP) is 4.80. The Labute approximate surface area is 182 Å². The van der Waals surface area contributed by atoms with Crippen LogP contribution in [-0.4, -0.2) is 52.7 Å². The molecule has 0 bridgehead atoms. The van der Waals surface area contributed by atoms with Gasteiger partial charge in [0.05, 0.1) is 11.2 Å². The number of fused-ring (bicyclic) bond motifs is 3. The summed E-state index contributed by atoms with van der Waals surface area (Å²) in [5, 5.41) is 6.81. The average molecular weight is 414 g/mol. The molecule has 1 amide bonds. The van der Waals surface area contributed by atoms with Gasteiger partial charge in [-0.15, -0.1) is 0 Å². The molecule has 6 heteroatoms. The Balaban J connectivity index is 1.37. The fraction of sp³-hybridized carbons (Fsp3) is 0.280. The highest BCUT2D eigenvalue weighted by molar-refractivity contribution is 6.09. The molecule has 31 heavy (non-hydrogen) atoms.